The molecule has 8 nitrogen and oxygen atoms in total. The number of aromatic amines is 4. The van der Waals surface area contributed by atoms with Crippen molar-refractivity contribution < 1.29 is 18.4 Å². The predicted octanol–water partition coefficient (Wildman–Crippen LogP) is 8.71. The zero-order valence-electron chi connectivity index (χ0n) is 39.1. The van der Waals surface area contributed by atoms with Gasteiger partial charge < -0.3 is 38.4 Å². The molecule has 0 atom stereocenters. The number of quaternary nitrogens is 2. The van der Waals surface area contributed by atoms with Gasteiger partial charge in [0.05, 0.1) is 68.1 Å². The molecule has 6 aromatic rings. The number of nitrogens with one attached hydrogen (secondary N) is 4. The van der Waals surface area contributed by atoms with E-state index in [4.69, 9.17) is 9.47 Å². The van der Waals surface area contributed by atoms with Crippen LogP contribution in [0, 0.1) is 0 Å². The molecule has 0 spiro atoms. The highest BCUT2D eigenvalue weighted by Gasteiger charge is 2.18. The molecular weight excluding hydrogens is 777 g/mol. The lowest BCUT2D eigenvalue weighted by atomic mass is 10.0. The van der Waals surface area contributed by atoms with Crippen molar-refractivity contribution in [3.8, 4) is 11.5 Å². The minimum Gasteiger partial charge on any atom is -0.494 e. The van der Waals surface area contributed by atoms with Crippen molar-refractivity contribution in [2.45, 2.75) is 84.0 Å². The Labute approximate surface area is 376 Å². The molecule has 0 fully saturated rings. The van der Waals surface area contributed by atoms with Crippen molar-refractivity contribution in [1.29, 1.82) is 0 Å². The van der Waals surface area contributed by atoms with Crippen molar-refractivity contribution in [3.63, 3.8) is 0 Å². The Hall–Kier alpha value is -5.44. The van der Waals surface area contributed by atoms with Crippen LogP contribution in [0.5, 0.6) is 11.5 Å². The van der Waals surface area contributed by atoms with Gasteiger partial charge in [0.25, 0.3) is 0 Å². The number of rotatable bonds is 23. The number of hydrogen-bond acceptors (Lipinski definition) is 2. The van der Waals surface area contributed by atoms with E-state index >= 15 is 0 Å². The third kappa shape index (κ3) is 13.5. The van der Waals surface area contributed by atoms with Crippen LogP contribution in [-0.2, 0) is 0 Å². The Morgan fingerprint density at radius 2 is 0.857 bits per heavy atom. The van der Waals surface area contributed by atoms with Gasteiger partial charge in [0.1, 0.15) is 11.5 Å². The molecule has 63 heavy (non-hydrogen) atoms. The van der Waals surface area contributed by atoms with E-state index in [1.807, 2.05) is 0 Å². The summed E-state index contributed by atoms with van der Waals surface area (Å²) in [4.78, 5) is 14.9. The predicted molar refractivity (Wildman–Crippen MR) is 262 cm³/mol. The first-order valence-corrected chi connectivity index (χ1v) is 23.8. The Balaban J connectivity index is 1.05. The molecule has 0 radical (unpaired) electrons. The van der Waals surface area contributed by atoms with Gasteiger partial charge in [0.15, 0.2) is 0 Å². The highest BCUT2D eigenvalue weighted by atomic mass is 16.5. The average molecular weight is 851 g/mol. The molecule has 334 valence electrons. The van der Waals surface area contributed by atoms with E-state index in [0.29, 0.717) is 6.61 Å². The van der Waals surface area contributed by atoms with E-state index in [2.05, 4.69) is 171 Å². The van der Waals surface area contributed by atoms with E-state index < -0.39 is 0 Å². The molecular formula is C55H74N6O2+2. The fourth-order valence-corrected chi connectivity index (χ4v) is 8.80. The molecule has 4 N–H and O–H groups in total. The van der Waals surface area contributed by atoms with Gasteiger partial charge in [-0.3, -0.25) is 0 Å². The molecule has 7 rings (SSSR count). The molecule has 1 aliphatic rings. The number of fused-ring (bicyclic) bond motifs is 8. The quantitative estimate of drug-likeness (QED) is 0.0384. The fraction of sp³-hybridized carbons (Fsp3) is 0.418. The molecule has 8 heteroatoms. The van der Waals surface area contributed by atoms with Crippen LogP contribution >= 0.6 is 0 Å². The highest BCUT2D eigenvalue weighted by Crippen LogP contribution is 2.25. The highest BCUT2D eigenvalue weighted by molar-refractivity contribution is 5.79. The van der Waals surface area contributed by atoms with Crippen LogP contribution in [0.2, 0.25) is 0 Å². The van der Waals surface area contributed by atoms with Crippen LogP contribution < -0.4 is 30.9 Å². The molecule has 1 aliphatic heterocycles. The monoisotopic (exact) mass is 851 g/mol. The maximum atomic E-state index is 6.26. The second kappa shape index (κ2) is 21.8. The van der Waals surface area contributed by atoms with Gasteiger partial charge in [-0.25, -0.2) is 0 Å². The van der Waals surface area contributed by atoms with E-state index in [-0.39, 0.29) is 0 Å². The minimum absolute atomic E-state index is 0.708. The number of nitrogens with zero attached hydrogens (tertiary/aromatic N) is 2. The van der Waals surface area contributed by atoms with Crippen LogP contribution in [0.25, 0.3) is 23.3 Å². The second-order valence-electron chi connectivity index (χ2n) is 19.4. The summed E-state index contributed by atoms with van der Waals surface area (Å²) in [6.45, 7) is 7.23. The number of benzene rings is 2. The minimum atomic E-state index is 0.708. The SMILES string of the molecule is CCCCCCCCCCCCOc1ccc(C2=c3ccc([nH]3)=Cc3ccc([nH]3)C(c3ccc(OCCC[N+](C)(C)CCC[N+](C)(C)C)cc3)=c3ccc([nH]3)=Cc3ccc2[nH]3)cc1. The van der Waals surface area contributed by atoms with Crippen LogP contribution in [0.4, 0.5) is 0 Å². The Bertz CT molecular complexity index is 2580. The maximum Gasteiger partial charge on any atom is 0.119 e. The number of hydrogen-bond donors (Lipinski definition) is 4. The fourth-order valence-electron chi connectivity index (χ4n) is 8.80. The number of unbranched alkanes of at least 4 members (excludes halogenated alkanes) is 9. The smallest absolute Gasteiger partial charge is 0.119 e. The topological polar surface area (TPSA) is 81.6 Å². The van der Waals surface area contributed by atoms with Gasteiger partial charge in [0, 0.05) is 68.2 Å². The lowest BCUT2D eigenvalue weighted by Crippen LogP contribution is -2.44. The maximum absolute atomic E-state index is 6.26. The van der Waals surface area contributed by atoms with E-state index in [1.54, 1.807) is 0 Å². The van der Waals surface area contributed by atoms with Gasteiger partial charge in [-0.1, -0.05) is 89.0 Å². The van der Waals surface area contributed by atoms with E-state index in [9.17, 15) is 0 Å². The Morgan fingerprint density at radius 3 is 1.33 bits per heavy atom. The number of aromatic nitrogens is 4. The molecule has 2 aromatic carbocycles. The lowest BCUT2D eigenvalue weighted by Gasteiger charge is -2.31. The standard InChI is InChI=1S/C55H74N6O2/c1-7-8-9-10-11-12-13-14-15-16-38-62-48-27-19-42(20-28-48)54-50-31-23-44(56-50)40-46-25-33-52(58-46)55(53-34-26-47(59-53)41-45-24-32-51(54)57-45)43-21-29-49(30-22-43)63-39-18-37-61(5,6)36-17-35-60(2,3)4/h19-34,40-41,56-59H,7-18,35-39H2,1-6H3/q+2. The summed E-state index contributed by atoms with van der Waals surface area (Å²) in [7, 11) is 11.5. The summed E-state index contributed by atoms with van der Waals surface area (Å²) in [5.41, 5.74) is 8.57. The summed E-state index contributed by atoms with van der Waals surface area (Å²) in [6.07, 6.45) is 19.8. The Kier molecular flexibility index (Phi) is 15.7. The molecule has 0 unspecified atom stereocenters. The molecule has 0 amide bonds. The normalized spacial score (nSPS) is 12.9. The Morgan fingerprint density at radius 1 is 0.413 bits per heavy atom. The van der Waals surface area contributed by atoms with Gasteiger partial charge in [-0.2, -0.15) is 0 Å². The first kappa shape index (κ1) is 45.6. The van der Waals surface area contributed by atoms with Gasteiger partial charge in [0.2, 0.25) is 0 Å². The van der Waals surface area contributed by atoms with Gasteiger partial charge in [-0.15, -0.1) is 0 Å². The first-order chi connectivity index (χ1) is 30.5. The van der Waals surface area contributed by atoms with Crippen LogP contribution in [0.15, 0.2) is 97.1 Å². The molecule has 0 aliphatic carbocycles. The van der Waals surface area contributed by atoms with Crippen molar-refractivity contribution in [3.05, 3.63) is 152 Å². The molecule has 4 aromatic heterocycles. The van der Waals surface area contributed by atoms with Crippen molar-refractivity contribution in [1.82, 2.24) is 19.9 Å². The van der Waals surface area contributed by atoms with Crippen molar-refractivity contribution in [2.24, 2.45) is 0 Å². The summed E-state index contributed by atoms with van der Waals surface area (Å²) in [5.74, 6) is 1.82. The number of H-pyrrole nitrogens is 4. The lowest BCUT2D eigenvalue weighted by molar-refractivity contribution is -0.902. The zero-order chi connectivity index (χ0) is 44.1. The molecule has 5 heterocycles. The third-order valence-electron chi connectivity index (χ3n) is 12.4. The first-order valence-electron chi connectivity index (χ1n) is 23.8. The van der Waals surface area contributed by atoms with Crippen LogP contribution in [0.3, 0.4) is 0 Å². The largest absolute Gasteiger partial charge is 0.494 e. The summed E-state index contributed by atoms with van der Waals surface area (Å²) in [5, 5.41) is 4.13. The summed E-state index contributed by atoms with van der Waals surface area (Å²) in [6, 6.07) is 34.4. The average Bonchev–Trinajstić information content (AvgIpc) is 4.10. The zero-order valence-corrected chi connectivity index (χ0v) is 39.1. The number of ether oxygens (including phenoxy) is 2. The third-order valence-corrected chi connectivity index (χ3v) is 12.4. The van der Waals surface area contributed by atoms with Gasteiger partial charge in [-0.05, 0) is 102 Å². The van der Waals surface area contributed by atoms with Crippen molar-refractivity contribution >= 4 is 23.3 Å². The van der Waals surface area contributed by atoms with Gasteiger partial charge >= 0.3 is 0 Å². The van der Waals surface area contributed by atoms with Crippen LogP contribution in [0.1, 0.15) is 118 Å². The van der Waals surface area contributed by atoms with E-state index in [0.717, 1.165) is 113 Å². The summed E-state index contributed by atoms with van der Waals surface area (Å²) < 4.78 is 14.5. The summed E-state index contributed by atoms with van der Waals surface area (Å²) >= 11 is 0. The van der Waals surface area contributed by atoms with Crippen LogP contribution in [-0.4, -0.2) is 97.0 Å². The molecule has 8 bridgehead atoms. The molecule has 0 saturated carbocycles. The second-order valence-corrected chi connectivity index (χ2v) is 19.4. The van der Waals surface area contributed by atoms with Crippen molar-refractivity contribution in [2.75, 3.05) is 68.1 Å². The molecule has 0 saturated heterocycles. The van der Waals surface area contributed by atoms with E-state index in [1.165, 1.54) is 77.3 Å².